The lowest BCUT2D eigenvalue weighted by Gasteiger charge is -2.05. The number of rotatable bonds is 4. The number of carbonyl (C=O) groups is 1. The summed E-state index contributed by atoms with van der Waals surface area (Å²) in [4.78, 5) is 10.8. The van der Waals surface area contributed by atoms with Gasteiger partial charge in [0.05, 0.1) is 11.8 Å². The molecule has 5 heteroatoms. The number of hydrogen-bond donors (Lipinski definition) is 2. The Balaban J connectivity index is 0.00000144. The van der Waals surface area contributed by atoms with E-state index < -0.39 is 5.97 Å². The van der Waals surface area contributed by atoms with Gasteiger partial charge < -0.3 is 22.8 Å². The summed E-state index contributed by atoms with van der Waals surface area (Å²) in [5.41, 5.74) is 1.31. The zero-order valence-corrected chi connectivity index (χ0v) is 11.0. The largest absolute Gasteiger partial charge is 1.00 e. The average molecular weight is 274 g/mol. The van der Waals surface area contributed by atoms with E-state index in [1.807, 2.05) is 35.3 Å². The van der Waals surface area contributed by atoms with Gasteiger partial charge in [-0.2, -0.15) is 0 Å². The van der Waals surface area contributed by atoms with Gasteiger partial charge in [0, 0.05) is 12.2 Å². The molecule has 1 heterocycles. The van der Waals surface area contributed by atoms with Gasteiger partial charge in [0.2, 0.25) is 0 Å². The van der Waals surface area contributed by atoms with Crippen LogP contribution in [-0.4, -0.2) is 28.9 Å². The summed E-state index contributed by atoms with van der Waals surface area (Å²) >= 11 is 1.86. The van der Waals surface area contributed by atoms with Crippen LogP contribution in [0, 0.1) is 0 Å². The molecule has 94 valence electrons. The van der Waals surface area contributed by atoms with Crippen molar-refractivity contribution in [3.63, 3.8) is 0 Å². The van der Waals surface area contributed by atoms with E-state index in [2.05, 4.69) is 12.1 Å². The van der Waals surface area contributed by atoms with Crippen molar-refractivity contribution < 1.29 is 27.6 Å². The normalized spacial score (nSPS) is 23.1. The standard InChI is InChI=1S/C12H15NO2S.ClH/c14-12(15)11-6-10(7-13-11)16-8-9-4-2-1-3-5-9;/h1-5,10-11,13H,6-8H2,(H,14,15);1H/t10?,11-;/m0./s1. The van der Waals surface area contributed by atoms with Crippen LogP contribution in [0.4, 0.5) is 0 Å². The fourth-order valence-electron chi connectivity index (χ4n) is 1.92. The molecule has 17 heavy (non-hydrogen) atoms. The van der Waals surface area contributed by atoms with Crippen LogP contribution in [0.1, 0.15) is 12.0 Å². The van der Waals surface area contributed by atoms with Crippen molar-refractivity contribution in [3.05, 3.63) is 35.9 Å². The Morgan fingerprint density at radius 1 is 1.41 bits per heavy atom. The minimum Gasteiger partial charge on any atom is -1.00 e. The summed E-state index contributed by atoms with van der Waals surface area (Å²) in [6.45, 7) is 0.925. The molecule has 3 N–H and O–H groups in total. The molecule has 0 aromatic heterocycles. The molecule has 0 spiro atoms. The Bertz CT molecular complexity index is 361. The van der Waals surface area contributed by atoms with Crippen LogP contribution in [0.2, 0.25) is 0 Å². The number of thioether (sulfide) groups is 1. The Morgan fingerprint density at radius 2 is 2.12 bits per heavy atom. The molecule has 0 aliphatic carbocycles. The molecule has 1 aliphatic rings. The predicted molar refractivity (Wildman–Crippen MR) is 64.4 cm³/mol. The van der Waals surface area contributed by atoms with E-state index in [-0.39, 0.29) is 18.4 Å². The van der Waals surface area contributed by atoms with E-state index in [0.29, 0.717) is 5.25 Å². The van der Waals surface area contributed by atoms with E-state index in [4.69, 9.17) is 5.11 Å². The summed E-state index contributed by atoms with van der Waals surface area (Å²) in [6.07, 6.45) is 0.785. The van der Waals surface area contributed by atoms with Gasteiger partial charge in [-0.1, -0.05) is 30.3 Å². The van der Waals surface area contributed by atoms with Crippen LogP contribution in [0.25, 0.3) is 0 Å². The predicted octanol–water partition coefficient (Wildman–Crippen LogP) is -2.29. The number of carboxylic acid groups (broad SMARTS) is 1. The lowest BCUT2D eigenvalue weighted by atomic mass is 10.2. The number of carboxylic acids is 1. The third kappa shape index (κ3) is 4.22. The van der Waals surface area contributed by atoms with Crippen LogP contribution in [0.15, 0.2) is 30.3 Å². The molecular weight excluding hydrogens is 258 g/mol. The summed E-state index contributed by atoms with van der Waals surface area (Å²) in [7, 11) is 0. The van der Waals surface area contributed by atoms with Crippen LogP contribution >= 0.6 is 11.8 Å². The third-order valence-corrected chi connectivity index (χ3v) is 4.20. The molecule has 1 fully saturated rings. The number of benzene rings is 1. The second-order valence-electron chi connectivity index (χ2n) is 4.07. The van der Waals surface area contributed by atoms with E-state index >= 15 is 0 Å². The highest BCUT2D eigenvalue weighted by molar-refractivity contribution is 7.99. The highest BCUT2D eigenvalue weighted by Crippen LogP contribution is 2.22. The van der Waals surface area contributed by atoms with E-state index in [9.17, 15) is 4.79 Å². The SMILES string of the molecule is O=C(O)[C@@H]1CC(SCc2ccccc2)C[NH2+]1.[Cl-]. The van der Waals surface area contributed by atoms with Gasteiger partial charge in [0.1, 0.15) is 0 Å². The second kappa shape index (κ2) is 6.89. The lowest BCUT2D eigenvalue weighted by Crippen LogP contribution is -3.00. The molecule has 1 aromatic rings. The first kappa shape index (κ1) is 14.4. The van der Waals surface area contributed by atoms with Crippen molar-refractivity contribution in [2.75, 3.05) is 6.54 Å². The number of nitrogens with two attached hydrogens (primary N) is 1. The van der Waals surface area contributed by atoms with Gasteiger partial charge in [-0.05, 0) is 5.56 Å². The first-order valence-electron chi connectivity index (χ1n) is 5.47. The molecule has 0 radical (unpaired) electrons. The Morgan fingerprint density at radius 3 is 2.71 bits per heavy atom. The molecule has 1 aliphatic heterocycles. The zero-order chi connectivity index (χ0) is 11.4. The summed E-state index contributed by atoms with van der Waals surface area (Å²) in [5, 5.41) is 11.3. The van der Waals surface area contributed by atoms with Crippen molar-refractivity contribution in [2.45, 2.75) is 23.5 Å². The van der Waals surface area contributed by atoms with Gasteiger partial charge in [0.15, 0.2) is 6.04 Å². The van der Waals surface area contributed by atoms with Crippen LogP contribution < -0.4 is 17.7 Å². The first-order valence-corrected chi connectivity index (χ1v) is 6.52. The second-order valence-corrected chi connectivity index (χ2v) is 5.36. The van der Waals surface area contributed by atoms with Crippen LogP contribution in [-0.2, 0) is 10.5 Å². The van der Waals surface area contributed by atoms with Gasteiger partial charge in [-0.3, -0.25) is 0 Å². The molecule has 1 aromatic carbocycles. The van der Waals surface area contributed by atoms with Crippen LogP contribution in [0.5, 0.6) is 0 Å². The smallest absolute Gasteiger partial charge is 0.362 e. The lowest BCUT2D eigenvalue weighted by molar-refractivity contribution is -0.658. The highest BCUT2D eigenvalue weighted by atomic mass is 35.5. The minimum atomic E-state index is -0.678. The van der Waals surface area contributed by atoms with Crippen molar-refractivity contribution in [2.24, 2.45) is 0 Å². The van der Waals surface area contributed by atoms with E-state index in [1.165, 1.54) is 5.56 Å². The number of halogens is 1. The van der Waals surface area contributed by atoms with Crippen molar-refractivity contribution in [1.82, 2.24) is 0 Å². The number of quaternary nitrogens is 1. The first-order chi connectivity index (χ1) is 7.75. The minimum absolute atomic E-state index is 0. The number of aliphatic carboxylic acids is 1. The zero-order valence-electron chi connectivity index (χ0n) is 9.38. The van der Waals surface area contributed by atoms with Crippen LogP contribution in [0.3, 0.4) is 0 Å². The Hall–Kier alpha value is -0.710. The maximum Gasteiger partial charge on any atom is 0.362 e. The topological polar surface area (TPSA) is 53.9 Å². The maximum atomic E-state index is 10.8. The summed E-state index contributed by atoms with van der Waals surface area (Å²) in [5.74, 6) is 0.300. The van der Waals surface area contributed by atoms with Crippen molar-refractivity contribution in [3.8, 4) is 0 Å². The van der Waals surface area contributed by atoms with E-state index in [1.54, 1.807) is 0 Å². The summed E-state index contributed by atoms with van der Waals surface area (Å²) in [6, 6.07) is 10.1. The van der Waals surface area contributed by atoms with Crippen molar-refractivity contribution >= 4 is 17.7 Å². The molecule has 0 bridgehead atoms. The molecule has 0 amide bonds. The summed E-state index contributed by atoms with van der Waals surface area (Å²) < 4.78 is 0. The third-order valence-electron chi connectivity index (χ3n) is 2.85. The molecule has 1 saturated heterocycles. The Labute approximate surface area is 111 Å². The fourth-order valence-corrected chi connectivity index (χ4v) is 3.13. The van der Waals surface area contributed by atoms with Gasteiger partial charge >= 0.3 is 5.97 Å². The Kier molecular flexibility index (Phi) is 5.82. The van der Waals surface area contributed by atoms with Gasteiger partial charge in [-0.15, -0.1) is 11.8 Å². The molecule has 2 rings (SSSR count). The quantitative estimate of drug-likeness (QED) is 0.650. The maximum absolute atomic E-state index is 10.8. The van der Waals surface area contributed by atoms with E-state index in [0.717, 1.165) is 18.7 Å². The molecule has 2 atom stereocenters. The average Bonchev–Trinajstić information content (AvgIpc) is 2.76. The fraction of sp³-hybridized carbons (Fsp3) is 0.417. The number of hydrogen-bond acceptors (Lipinski definition) is 2. The van der Waals surface area contributed by atoms with Crippen molar-refractivity contribution in [1.29, 1.82) is 0 Å². The monoisotopic (exact) mass is 273 g/mol. The molecular formula is C12H16ClNO2S. The molecule has 3 nitrogen and oxygen atoms in total. The van der Waals surface area contributed by atoms with Gasteiger partial charge in [0.25, 0.3) is 0 Å². The molecule has 1 unspecified atom stereocenters. The highest BCUT2D eigenvalue weighted by Gasteiger charge is 2.33. The molecule has 0 saturated carbocycles. The van der Waals surface area contributed by atoms with Gasteiger partial charge in [-0.25, -0.2) is 4.79 Å².